The van der Waals surface area contributed by atoms with E-state index in [1.165, 1.54) is 9.80 Å². The number of hydrogen-bond acceptors (Lipinski definition) is 5. The largest absolute Gasteiger partial charge is 0.370 e. The Balaban J connectivity index is 1.99. The first-order chi connectivity index (χ1) is 19.5. The molecule has 0 spiro atoms. The van der Waals surface area contributed by atoms with Crippen molar-refractivity contribution < 1.29 is 14.4 Å². The highest BCUT2D eigenvalue weighted by Crippen LogP contribution is 2.37. The SMILES string of the molecule is NC(N)=NCCCCN1C(=O)N(CCCCN=C(N)N)C(=O)C(Cc2ccc(I)cc2)(Cc2ccc(I)cc2)C1=O. The Hall–Kier alpha value is -2.95. The van der Waals surface area contributed by atoms with Crippen LogP contribution in [0, 0.1) is 12.6 Å². The smallest absolute Gasteiger partial charge is 0.333 e. The Morgan fingerprint density at radius 2 is 1.00 bits per heavy atom. The van der Waals surface area contributed by atoms with E-state index in [4.69, 9.17) is 22.9 Å². The zero-order valence-corrected chi connectivity index (χ0v) is 27.1. The van der Waals surface area contributed by atoms with Crippen molar-refractivity contribution in [1.29, 1.82) is 0 Å². The maximum atomic E-state index is 14.3. The number of guanidine groups is 2. The van der Waals surface area contributed by atoms with E-state index in [0.29, 0.717) is 38.8 Å². The number of urea groups is 1. The summed E-state index contributed by atoms with van der Waals surface area (Å²) in [7, 11) is 0. The lowest BCUT2D eigenvalue weighted by Gasteiger charge is -2.44. The van der Waals surface area contributed by atoms with Crippen LogP contribution in [0.4, 0.5) is 4.79 Å². The molecular formula is C28H36I2N8O3. The van der Waals surface area contributed by atoms with Gasteiger partial charge in [-0.3, -0.25) is 29.4 Å². The van der Waals surface area contributed by atoms with Crippen LogP contribution in [0.15, 0.2) is 58.5 Å². The maximum Gasteiger partial charge on any atom is 0.333 e. The third kappa shape index (κ3) is 9.02. The van der Waals surface area contributed by atoms with E-state index in [9.17, 15) is 14.4 Å². The molecule has 13 heteroatoms. The van der Waals surface area contributed by atoms with Gasteiger partial charge in [0.1, 0.15) is 5.41 Å². The Kier molecular flexibility index (Phi) is 12.2. The van der Waals surface area contributed by atoms with E-state index in [2.05, 4.69) is 55.2 Å². The highest BCUT2D eigenvalue weighted by Gasteiger charge is 2.56. The van der Waals surface area contributed by atoms with E-state index in [-0.39, 0.29) is 37.9 Å². The molecule has 0 aliphatic carbocycles. The molecule has 8 N–H and O–H groups in total. The minimum absolute atomic E-state index is 0.0123. The van der Waals surface area contributed by atoms with Gasteiger partial charge < -0.3 is 22.9 Å². The van der Waals surface area contributed by atoms with Crippen LogP contribution in [0.3, 0.4) is 0 Å². The maximum absolute atomic E-state index is 14.3. The molecule has 4 amide bonds. The molecule has 2 aromatic carbocycles. The van der Waals surface area contributed by atoms with Crippen LogP contribution >= 0.6 is 45.2 Å². The summed E-state index contributed by atoms with van der Waals surface area (Å²) >= 11 is 4.43. The fourth-order valence-corrected chi connectivity index (χ4v) is 5.49. The number of hydrogen-bond donors (Lipinski definition) is 4. The molecule has 0 unspecified atom stereocenters. The van der Waals surface area contributed by atoms with Crippen molar-refractivity contribution in [3.63, 3.8) is 0 Å². The van der Waals surface area contributed by atoms with Crippen LogP contribution in [0.5, 0.6) is 0 Å². The molecular weight excluding hydrogens is 750 g/mol. The lowest BCUT2D eigenvalue weighted by atomic mass is 9.72. The first-order valence-electron chi connectivity index (χ1n) is 13.3. The van der Waals surface area contributed by atoms with Crippen molar-refractivity contribution in [3.05, 3.63) is 66.8 Å². The van der Waals surface area contributed by atoms with Crippen molar-refractivity contribution >= 4 is 74.9 Å². The summed E-state index contributed by atoms with van der Waals surface area (Å²) in [6.45, 7) is 1.05. The summed E-state index contributed by atoms with van der Waals surface area (Å²) in [6.07, 6.45) is 2.45. The number of rotatable bonds is 14. The van der Waals surface area contributed by atoms with Crippen molar-refractivity contribution in [2.45, 2.75) is 38.5 Å². The molecule has 1 aliphatic rings. The summed E-state index contributed by atoms with van der Waals surface area (Å²) in [5.74, 6) is -0.991. The zero-order chi connectivity index (χ0) is 30.0. The van der Waals surface area contributed by atoms with Crippen LogP contribution in [-0.4, -0.2) is 65.7 Å². The number of amides is 4. The van der Waals surface area contributed by atoms with Gasteiger partial charge in [0.05, 0.1) is 0 Å². The Morgan fingerprint density at radius 1 is 0.634 bits per heavy atom. The minimum atomic E-state index is -1.49. The van der Waals surface area contributed by atoms with Crippen LogP contribution in [-0.2, 0) is 22.4 Å². The molecule has 0 saturated carbocycles. The van der Waals surface area contributed by atoms with Gasteiger partial charge in [0, 0.05) is 33.3 Å². The molecule has 1 fully saturated rings. The van der Waals surface area contributed by atoms with E-state index >= 15 is 0 Å². The number of barbiturate groups is 1. The van der Waals surface area contributed by atoms with Crippen molar-refractivity contribution in [2.24, 2.45) is 38.3 Å². The van der Waals surface area contributed by atoms with Gasteiger partial charge in [0.25, 0.3) is 0 Å². The van der Waals surface area contributed by atoms with Gasteiger partial charge in [0.15, 0.2) is 11.9 Å². The highest BCUT2D eigenvalue weighted by molar-refractivity contribution is 14.1. The lowest BCUT2D eigenvalue weighted by molar-refractivity contribution is -0.159. The Bertz CT molecular complexity index is 1180. The van der Waals surface area contributed by atoms with Gasteiger partial charge in [-0.05, 0) is 119 Å². The first kappa shape index (κ1) is 32.6. The van der Waals surface area contributed by atoms with E-state index < -0.39 is 23.3 Å². The average Bonchev–Trinajstić information content (AvgIpc) is 2.92. The van der Waals surface area contributed by atoms with Crippen molar-refractivity contribution in [1.82, 2.24) is 9.80 Å². The second kappa shape index (κ2) is 15.3. The van der Waals surface area contributed by atoms with Gasteiger partial charge in [-0.1, -0.05) is 24.3 Å². The average molecular weight is 786 g/mol. The van der Waals surface area contributed by atoms with Crippen molar-refractivity contribution in [3.8, 4) is 0 Å². The van der Waals surface area contributed by atoms with Crippen LogP contribution < -0.4 is 22.9 Å². The Labute approximate surface area is 267 Å². The molecule has 41 heavy (non-hydrogen) atoms. The number of carbonyl (C=O) groups is 3. The second-order valence-corrected chi connectivity index (χ2v) is 12.4. The number of imide groups is 2. The van der Waals surface area contributed by atoms with Gasteiger partial charge in [-0.2, -0.15) is 0 Å². The molecule has 3 rings (SSSR count). The third-order valence-corrected chi connectivity index (χ3v) is 8.22. The van der Waals surface area contributed by atoms with Gasteiger partial charge >= 0.3 is 6.03 Å². The summed E-state index contributed by atoms with van der Waals surface area (Å²) < 4.78 is 2.08. The topological polar surface area (TPSA) is 186 Å². The summed E-state index contributed by atoms with van der Waals surface area (Å²) in [6, 6.07) is 14.9. The minimum Gasteiger partial charge on any atom is -0.370 e. The van der Waals surface area contributed by atoms with E-state index in [1.807, 2.05) is 48.5 Å². The summed E-state index contributed by atoms with van der Waals surface area (Å²) in [5, 5.41) is 0. The molecule has 220 valence electrons. The molecule has 0 aromatic heterocycles. The molecule has 2 aromatic rings. The molecule has 11 nitrogen and oxygen atoms in total. The zero-order valence-electron chi connectivity index (χ0n) is 22.8. The van der Waals surface area contributed by atoms with Gasteiger partial charge in [0.2, 0.25) is 11.8 Å². The number of halogens is 2. The van der Waals surface area contributed by atoms with E-state index in [0.717, 1.165) is 18.3 Å². The quantitative estimate of drug-likeness (QED) is 0.0746. The molecule has 1 aliphatic heterocycles. The van der Waals surface area contributed by atoms with Gasteiger partial charge in [-0.25, -0.2) is 4.79 Å². The molecule has 1 saturated heterocycles. The monoisotopic (exact) mass is 786 g/mol. The molecule has 0 bridgehead atoms. The van der Waals surface area contributed by atoms with E-state index in [1.54, 1.807) is 0 Å². The predicted molar refractivity (Wildman–Crippen MR) is 177 cm³/mol. The fourth-order valence-electron chi connectivity index (χ4n) is 4.77. The van der Waals surface area contributed by atoms with Crippen LogP contribution in [0.25, 0.3) is 0 Å². The second-order valence-electron chi connectivity index (χ2n) is 9.91. The standard InChI is InChI=1S/C28H36I2N8O3/c29-21-9-5-19(6-10-21)17-28(18-20-7-11-22(30)12-8-20)23(39)37(15-3-1-13-35-25(31)32)27(41)38(24(28)40)16-4-2-14-36-26(33)34/h5-12H,1-4,13-18H2,(H4,31,32,35)(H4,33,34,36). The molecule has 1 heterocycles. The molecule has 0 atom stereocenters. The fraction of sp³-hybridized carbons (Fsp3) is 0.393. The lowest BCUT2D eigenvalue weighted by Crippen LogP contribution is -2.66. The number of unbranched alkanes of at least 4 members (excludes halogenated alkanes) is 2. The summed E-state index contributed by atoms with van der Waals surface area (Å²) in [5.41, 5.74) is 21.9. The highest BCUT2D eigenvalue weighted by atomic mass is 127. The number of nitrogens with zero attached hydrogens (tertiary/aromatic N) is 4. The number of nitrogens with two attached hydrogens (primary N) is 4. The van der Waals surface area contributed by atoms with Crippen LogP contribution in [0.1, 0.15) is 36.8 Å². The van der Waals surface area contributed by atoms with Crippen molar-refractivity contribution in [2.75, 3.05) is 26.2 Å². The molecule has 0 radical (unpaired) electrons. The Morgan fingerprint density at radius 3 is 1.34 bits per heavy atom. The van der Waals surface area contributed by atoms with Gasteiger partial charge in [-0.15, -0.1) is 0 Å². The normalized spacial score (nSPS) is 14.7. The number of benzene rings is 2. The summed E-state index contributed by atoms with van der Waals surface area (Å²) in [4.78, 5) is 52.7. The number of carbonyl (C=O) groups excluding carboxylic acids is 3. The predicted octanol–water partition coefficient (Wildman–Crippen LogP) is 2.57. The third-order valence-electron chi connectivity index (χ3n) is 6.78. The first-order valence-corrected chi connectivity index (χ1v) is 15.5. The van der Waals surface area contributed by atoms with Crippen LogP contribution in [0.2, 0.25) is 0 Å². The number of aliphatic imine (C=N–C) groups is 2.